The maximum absolute atomic E-state index is 9.42. The first kappa shape index (κ1) is 76.3. The minimum atomic E-state index is -0.181. The van der Waals surface area contributed by atoms with Gasteiger partial charge in [0.25, 0.3) is 6.47 Å². The number of hydrogen-bond donors (Lipinski definition) is 4. The molecular weight excluding hydrogens is 1440 g/mol. The third-order valence-electron chi connectivity index (χ3n) is 9.35. The Labute approximate surface area is 578 Å². The number of aromatic amines is 1. The van der Waals surface area contributed by atoms with Crippen molar-refractivity contribution in [2.24, 2.45) is 0 Å². The summed E-state index contributed by atoms with van der Waals surface area (Å²) in [6.07, 6.45) is 17.7. The zero-order chi connectivity index (χ0) is 52.6. The van der Waals surface area contributed by atoms with E-state index in [9.17, 15) is 5.11 Å². The van der Waals surface area contributed by atoms with Crippen LogP contribution in [0.5, 0.6) is 28.7 Å². The van der Waals surface area contributed by atoms with Crippen LogP contribution in [-0.4, -0.2) is 59.4 Å². The van der Waals surface area contributed by atoms with Gasteiger partial charge in [0, 0.05) is 44.6 Å². The van der Waals surface area contributed by atoms with Crippen LogP contribution in [0.2, 0.25) is 0 Å². The molecule has 21 heteroatoms. The summed E-state index contributed by atoms with van der Waals surface area (Å²) in [4.78, 5) is 16.7. The molecule has 4 N–H and O–H groups in total. The van der Waals surface area contributed by atoms with Gasteiger partial charge in [-0.1, -0.05) is 95.4 Å². The van der Waals surface area contributed by atoms with Crippen molar-refractivity contribution in [3.05, 3.63) is 121 Å². The summed E-state index contributed by atoms with van der Waals surface area (Å²) < 4.78 is 19.8. The number of phenols is 1. The van der Waals surface area contributed by atoms with E-state index in [4.69, 9.17) is 24.3 Å². The molecule has 0 saturated heterocycles. The Morgan fingerprint density at radius 1 is 0.767 bits per heavy atom. The molecule has 0 fully saturated rings. The number of halogens is 7. The Morgan fingerprint density at radius 2 is 1.27 bits per heavy atom. The summed E-state index contributed by atoms with van der Waals surface area (Å²) in [7, 11) is 3.37. The molecule has 11 nitrogen and oxygen atoms in total. The number of nitrogens with one attached hydrogen (secondary N) is 3. The van der Waals surface area contributed by atoms with Crippen molar-refractivity contribution in [3.8, 4) is 65.8 Å². The second kappa shape index (κ2) is 45.0. The molecular formula is C52H58BBr7K2N4O7. The minimum Gasteiger partial charge on any atom is -1.00 e. The zero-order valence-corrected chi connectivity index (χ0v) is 58.6. The molecule has 5 aromatic carbocycles. The number of nitrogens with zero attached hydrogens (tertiary/aromatic N) is 1. The fourth-order valence-electron chi connectivity index (χ4n) is 6.79. The summed E-state index contributed by atoms with van der Waals surface area (Å²) in [5.41, 5.74) is 9.43. The predicted molar refractivity (Wildman–Crippen MR) is 323 cm³/mol. The Hall–Kier alpha value is -0.952. The number of H-pyrrole nitrogens is 1. The summed E-state index contributed by atoms with van der Waals surface area (Å²) >= 11 is 22.6. The van der Waals surface area contributed by atoms with Crippen molar-refractivity contribution < 1.29 is 138 Å². The summed E-state index contributed by atoms with van der Waals surface area (Å²) in [5, 5.41) is 25.5. The van der Waals surface area contributed by atoms with Crippen molar-refractivity contribution >= 4 is 154 Å². The van der Waals surface area contributed by atoms with Gasteiger partial charge in [-0.15, -0.1) is 84.3 Å². The van der Waals surface area contributed by atoms with E-state index in [2.05, 4.69) is 198 Å². The molecule has 0 radical (unpaired) electrons. The second-order valence-electron chi connectivity index (χ2n) is 13.5. The van der Waals surface area contributed by atoms with E-state index < -0.39 is 0 Å². The maximum atomic E-state index is 9.42. The zero-order valence-electron chi connectivity index (χ0n) is 42.3. The molecule has 4 aliphatic rings. The number of fused-ring (bicyclic) bond motifs is 5. The number of methoxy groups -OCH3 is 2. The summed E-state index contributed by atoms with van der Waals surface area (Å²) in [5.74, 6) is 13.5. The molecule has 0 spiro atoms. The van der Waals surface area contributed by atoms with Crippen molar-refractivity contribution in [3.63, 3.8) is 0 Å². The number of terminal acetylenes is 2. The van der Waals surface area contributed by atoms with Gasteiger partial charge >= 0.3 is 106 Å². The van der Waals surface area contributed by atoms with Crippen molar-refractivity contribution in [2.75, 3.05) is 55.2 Å². The molecule has 73 heavy (non-hydrogen) atoms. The molecule has 0 unspecified atom stereocenters. The Balaban J connectivity index is -0.000000394. The fraction of sp³-hybridized carbons (Fsp3) is 0.250. The molecule has 382 valence electrons. The average Bonchev–Trinajstić information content (AvgIpc) is 4.22. The Bertz CT molecular complexity index is 2660. The third kappa shape index (κ3) is 26.5. The van der Waals surface area contributed by atoms with E-state index in [-0.39, 0.29) is 121 Å². The number of carbonyl (C=O) groups is 1. The number of anilines is 4. The monoisotopic (exact) mass is 1490 g/mol. The first-order valence-electron chi connectivity index (χ1n) is 20.7. The van der Waals surface area contributed by atoms with Crippen LogP contribution in [0.15, 0.2) is 105 Å². The molecule has 4 aliphatic heterocycles. The molecule has 0 atom stereocenters. The van der Waals surface area contributed by atoms with Crippen LogP contribution in [0.4, 0.5) is 22.7 Å². The summed E-state index contributed by atoms with van der Waals surface area (Å²) in [6.45, 7) is 8.10. The molecule has 0 saturated carbocycles. The number of aromatic hydroxyl groups is 1. The number of carbonyl (C=O) groups excluding carboxylic acids is 1. The van der Waals surface area contributed by atoms with Gasteiger partial charge in [0.1, 0.15) is 17.2 Å². The first-order chi connectivity index (χ1) is 33.8. The van der Waals surface area contributed by atoms with Crippen LogP contribution in [-0.2, 0) is 28.9 Å². The fourth-order valence-corrected chi connectivity index (χ4v) is 8.25. The van der Waals surface area contributed by atoms with E-state index in [0.29, 0.717) is 5.75 Å². The molecule has 5 heterocycles. The average molecular weight is 1500 g/mol. The largest absolute Gasteiger partial charge is 1.00 e. The number of phenolic OH excluding ortho intramolecular Hbond substituents is 1. The maximum Gasteiger partial charge on any atom is 1.00 e. The van der Waals surface area contributed by atoms with E-state index in [1.54, 1.807) is 27.2 Å². The predicted octanol–water partition coefficient (Wildman–Crippen LogP) is 9.25. The smallest absolute Gasteiger partial charge is 1.00 e. The van der Waals surface area contributed by atoms with Crippen molar-refractivity contribution in [1.29, 1.82) is 0 Å². The van der Waals surface area contributed by atoms with E-state index in [1.165, 1.54) is 33.5 Å². The number of para-hydroxylation sites is 3. The van der Waals surface area contributed by atoms with Crippen LogP contribution >= 0.6 is 111 Å². The molecule has 6 aromatic rings. The normalized spacial score (nSPS) is 10.6. The van der Waals surface area contributed by atoms with Crippen molar-refractivity contribution in [1.82, 2.24) is 4.98 Å². The van der Waals surface area contributed by atoms with Gasteiger partial charge in [0.15, 0.2) is 11.5 Å². The number of benzene rings is 5. The molecule has 10 rings (SSSR count). The molecule has 0 aliphatic carbocycles. The number of hydrogen-bond acceptors (Lipinski definition) is 10. The van der Waals surface area contributed by atoms with E-state index in [1.807, 2.05) is 80.5 Å². The van der Waals surface area contributed by atoms with Gasteiger partial charge in [-0.25, -0.2) is 0 Å². The van der Waals surface area contributed by atoms with Gasteiger partial charge in [-0.05, 0) is 123 Å². The van der Waals surface area contributed by atoms with Crippen molar-refractivity contribution in [2.45, 2.75) is 47.5 Å². The summed E-state index contributed by atoms with van der Waals surface area (Å²) in [6, 6.07) is 28.3. The van der Waals surface area contributed by atoms with Gasteiger partial charge in [-0.3, -0.25) is 4.79 Å². The minimum absolute atomic E-state index is 0. The van der Waals surface area contributed by atoms with Crippen LogP contribution in [0.25, 0.3) is 10.9 Å². The third-order valence-corrected chi connectivity index (χ3v) is 10.7. The van der Waals surface area contributed by atoms with E-state index >= 15 is 0 Å². The second-order valence-corrected chi connectivity index (χ2v) is 22.6. The first-order valence-corrected chi connectivity index (χ1v) is 27.4. The number of rotatable bonds is 3. The van der Waals surface area contributed by atoms with Crippen LogP contribution < -0.4 is 138 Å². The molecule has 0 amide bonds. The van der Waals surface area contributed by atoms with E-state index in [0.717, 1.165) is 92.2 Å². The molecule has 1 aromatic heterocycles. The number of alkyl halides is 1. The standard InChI is InChI=1S/C14H10BrNO.C9H10BrNO.C9H9NO.C8H8BrNO.C4H6.C3H4.C2H2.CH3Br.CH2O3.CH4.BBr3.2K.H/c15-10-7-9-5-6-16-11-3-1-2-4-12(11)17-13(8-10)14(9)16;1-12-8-5-7(10)4-6-2-3-11-9(6)8;1-11-8-4-2-3-7-5-6-10-9(7)8;9-6-3-5-1-2-10-8(5)7(11)4-6;1-3-4-2;1-3-2;2*1-2;2-1-4-3;;2-1(3)4;;;/h1-4,7-8H,5-6H2;4-5,11H,2-3H2,1H3;2-6,10H,1H3;3-4,10-11H,1-2H2;1-2H3;1H,2H3;1-2H;1H3;1,3H;1H4;;;;/q;;;;;;;;;;;2*+1;-1/p-1. The van der Waals surface area contributed by atoms with Gasteiger partial charge in [0.05, 0.1) is 42.5 Å². The van der Waals surface area contributed by atoms with Crippen LogP contribution in [0, 0.1) is 37.0 Å². The van der Waals surface area contributed by atoms with Crippen LogP contribution in [0.3, 0.4) is 0 Å². The van der Waals surface area contributed by atoms with Gasteiger partial charge < -0.3 is 51.4 Å². The number of ether oxygens (including phenoxy) is 3. The van der Waals surface area contributed by atoms with Gasteiger partial charge in [0.2, 0.25) is 0 Å². The van der Waals surface area contributed by atoms with Crippen LogP contribution in [0.1, 0.15) is 46.3 Å². The van der Waals surface area contributed by atoms with Gasteiger partial charge in [-0.2, -0.15) is 0 Å². The topological polar surface area (TPSA) is 140 Å². The number of aromatic nitrogens is 1. The quantitative estimate of drug-likeness (QED) is 0.0258. The molecule has 0 bridgehead atoms. The Morgan fingerprint density at radius 3 is 1.82 bits per heavy atom. The Kier molecular flexibility index (Phi) is 47.0. The SMILES string of the molecule is BrB(Br)Br.Brc1cc2c3c(c1)Oc1ccccc1N3CC2.C.C#C.C#CC.CBr.CC#CC.COc1cc(Br)cc2c1NCC2.COc1cccc2cc[nH]c12.O=CO[O-].Oc1cc(Br)cc2c1NCC2.[H-].[K+].[K+].